The lowest BCUT2D eigenvalue weighted by Gasteiger charge is -2.31. The zero-order chi connectivity index (χ0) is 17.1. The summed E-state index contributed by atoms with van der Waals surface area (Å²) in [5, 5.41) is 19.4. The normalized spacial score (nSPS) is 16.4. The lowest BCUT2D eigenvalue weighted by atomic mass is 10.1. The second kappa shape index (κ2) is 7.14. The molecule has 24 heavy (non-hydrogen) atoms. The van der Waals surface area contributed by atoms with E-state index in [1.807, 2.05) is 0 Å². The molecule has 1 amide bonds. The number of halogens is 1. The van der Waals surface area contributed by atoms with E-state index in [0.717, 1.165) is 25.9 Å². The van der Waals surface area contributed by atoms with Gasteiger partial charge in [0.1, 0.15) is 5.52 Å². The maximum Gasteiger partial charge on any atom is 0.404 e. The SMILES string of the molecule is O=C(O)NC1CCN(CCn2c(=O)nnc3ccc(Cl)cc32)CC1. The van der Waals surface area contributed by atoms with Crippen LogP contribution in [0, 0.1) is 0 Å². The van der Waals surface area contributed by atoms with Crippen molar-refractivity contribution >= 4 is 28.7 Å². The number of carbonyl (C=O) groups is 1. The monoisotopic (exact) mass is 351 g/mol. The minimum atomic E-state index is -0.980. The molecule has 0 saturated carbocycles. The first-order chi connectivity index (χ1) is 11.5. The topological polar surface area (TPSA) is 100 Å². The molecule has 1 aromatic carbocycles. The van der Waals surface area contributed by atoms with Crippen molar-refractivity contribution in [2.75, 3.05) is 19.6 Å². The van der Waals surface area contributed by atoms with Crippen LogP contribution in [0.15, 0.2) is 23.0 Å². The van der Waals surface area contributed by atoms with Gasteiger partial charge in [-0.2, -0.15) is 0 Å². The van der Waals surface area contributed by atoms with Crippen molar-refractivity contribution in [3.8, 4) is 0 Å². The second-order valence-corrected chi connectivity index (χ2v) is 6.27. The Morgan fingerprint density at radius 3 is 2.75 bits per heavy atom. The Labute approximate surface area is 143 Å². The fraction of sp³-hybridized carbons (Fsp3) is 0.467. The van der Waals surface area contributed by atoms with Gasteiger partial charge in [0.25, 0.3) is 0 Å². The Kier molecular flexibility index (Phi) is 4.96. The van der Waals surface area contributed by atoms with Gasteiger partial charge in [0.2, 0.25) is 0 Å². The molecule has 2 aromatic rings. The van der Waals surface area contributed by atoms with Crippen molar-refractivity contribution in [3.63, 3.8) is 0 Å². The summed E-state index contributed by atoms with van der Waals surface area (Å²) >= 11 is 6.02. The lowest BCUT2D eigenvalue weighted by molar-refractivity contribution is 0.166. The summed E-state index contributed by atoms with van der Waals surface area (Å²) in [6.45, 7) is 2.75. The van der Waals surface area contributed by atoms with Gasteiger partial charge < -0.3 is 15.3 Å². The van der Waals surface area contributed by atoms with Crippen molar-refractivity contribution in [3.05, 3.63) is 33.7 Å². The number of aromatic nitrogens is 3. The third kappa shape index (κ3) is 3.82. The Bertz CT molecular complexity index is 801. The van der Waals surface area contributed by atoms with E-state index in [2.05, 4.69) is 20.4 Å². The molecule has 1 saturated heterocycles. The highest BCUT2D eigenvalue weighted by molar-refractivity contribution is 6.31. The second-order valence-electron chi connectivity index (χ2n) is 5.83. The number of nitrogens with zero attached hydrogens (tertiary/aromatic N) is 4. The first-order valence-corrected chi connectivity index (χ1v) is 8.15. The fourth-order valence-corrected chi connectivity index (χ4v) is 3.15. The van der Waals surface area contributed by atoms with Gasteiger partial charge in [0.15, 0.2) is 0 Å². The molecule has 8 nitrogen and oxygen atoms in total. The molecule has 1 aromatic heterocycles. The number of benzene rings is 1. The van der Waals surface area contributed by atoms with Gasteiger partial charge in [-0.1, -0.05) is 16.7 Å². The fourth-order valence-electron chi connectivity index (χ4n) is 2.98. The average molecular weight is 352 g/mol. The van der Waals surface area contributed by atoms with Gasteiger partial charge in [0.05, 0.1) is 5.52 Å². The lowest BCUT2D eigenvalue weighted by Crippen LogP contribution is -2.45. The minimum absolute atomic E-state index is 0.00343. The molecular weight excluding hydrogens is 334 g/mol. The number of nitrogens with one attached hydrogen (secondary N) is 1. The Morgan fingerprint density at radius 2 is 2.04 bits per heavy atom. The van der Waals surface area contributed by atoms with Gasteiger partial charge in [0, 0.05) is 37.2 Å². The predicted octanol–water partition coefficient (Wildman–Crippen LogP) is 1.18. The summed E-state index contributed by atoms with van der Waals surface area (Å²) in [7, 11) is 0. The molecule has 3 rings (SSSR count). The molecule has 1 fully saturated rings. The van der Waals surface area contributed by atoms with Crippen LogP contribution >= 0.6 is 11.6 Å². The molecule has 9 heteroatoms. The zero-order valence-corrected chi connectivity index (χ0v) is 13.7. The van der Waals surface area contributed by atoms with E-state index >= 15 is 0 Å². The molecule has 1 aliphatic heterocycles. The number of piperidine rings is 1. The van der Waals surface area contributed by atoms with Crippen LogP contribution in [0.1, 0.15) is 12.8 Å². The van der Waals surface area contributed by atoms with Gasteiger partial charge >= 0.3 is 11.8 Å². The number of fused-ring (bicyclic) bond motifs is 1. The van der Waals surface area contributed by atoms with E-state index in [0.29, 0.717) is 29.1 Å². The molecule has 2 heterocycles. The molecule has 0 bridgehead atoms. The van der Waals surface area contributed by atoms with Crippen molar-refractivity contribution in [2.24, 2.45) is 0 Å². The van der Waals surface area contributed by atoms with Crippen molar-refractivity contribution < 1.29 is 9.90 Å². The quantitative estimate of drug-likeness (QED) is 0.857. The first-order valence-electron chi connectivity index (χ1n) is 7.77. The minimum Gasteiger partial charge on any atom is -0.465 e. The predicted molar refractivity (Wildman–Crippen MR) is 89.4 cm³/mol. The van der Waals surface area contributed by atoms with E-state index in [1.165, 1.54) is 0 Å². The standard InChI is InChI=1S/C15H18ClN5O3/c16-10-1-2-12-13(9-10)21(14(22)19-18-12)8-7-20-5-3-11(4-6-20)17-15(23)24/h1-2,9,11,17H,3-8H2,(H,23,24). The molecule has 128 valence electrons. The Hall–Kier alpha value is -2.19. The van der Waals surface area contributed by atoms with Crippen molar-refractivity contribution in [1.29, 1.82) is 0 Å². The van der Waals surface area contributed by atoms with Crippen LogP contribution in [0.3, 0.4) is 0 Å². The van der Waals surface area contributed by atoms with E-state index in [-0.39, 0.29) is 6.04 Å². The van der Waals surface area contributed by atoms with Crippen LogP contribution in [0.4, 0.5) is 4.79 Å². The number of hydrogen-bond donors (Lipinski definition) is 2. The summed E-state index contributed by atoms with van der Waals surface area (Å²) in [6.07, 6.45) is 0.552. The van der Waals surface area contributed by atoms with Crippen LogP contribution in [-0.4, -0.2) is 56.5 Å². The largest absolute Gasteiger partial charge is 0.465 e. The van der Waals surface area contributed by atoms with E-state index in [1.54, 1.807) is 22.8 Å². The molecule has 0 unspecified atom stereocenters. The molecule has 0 aliphatic carbocycles. The first kappa shape index (κ1) is 16.7. The Morgan fingerprint density at radius 1 is 1.29 bits per heavy atom. The van der Waals surface area contributed by atoms with Crippen LogP contribution in [0.2, 0.25) is 5.02 Å². The number of amides is 1. The van der Waals surface area contributed by atoms with E-state index in [9.17, 15) is 9.59 Å². The highest BCUT2D eigenvalue weighted by atomic mass is 35.5. The number of carboxylic acid groups (broad SMARTS) is 1. The number of rotatable bonds is 4. The molecular formula is C15H18ClN5O3. The van der Waals surface area contributed by atoms with Crippen molar-refractivity contribution in [1.82, 2.24) is 25.0 Å². The third-order valence-corrected chi connectivity index (χ3v) is 4.49. The van der Waals surface area contributed by atoms with Crippen LogP contribution in [0.25, 0.3) is 11.0 Å². The molecule has 2 N–H and O–H groups in total. The number of likely N-dealkylation sites (tertiary alicyclic amines) is 1. The van der Waals surface area contributed by atoms with Crippen molar-refractivity contribution in [2.45, 2.75) is 25.4 Å². The van der Waals surface area contributed by atoms with E-state index < -0.39 is 11.8 Å². The third-order valence-electron chi connectivity index (χ3n) is 4.26. The Balaban J connectivity index is 1.66. The summed E-state index contributed by atoms with van der Waals surface area (Å²) in [5.41, 5.74) is 0.903. The summed E-state index contributed by atoms with van der Waals surface area (Å²) in [4.78, 5) is 24.9. The van der Waals surface area contributed by atoms with Gasteiger partial charge in [-0.15, -0.1) is 5.10 Å². The van der Waals surface area contributed by atoms with Gasteiger partial charge in [-0.05, 0) is 31.0 Å². The maximum absolute atomic E-state index is 12.0. The summed E-state index contributed by atoms with van der Waals surface area (Å²) < 4.78 is 1.58. The highest BCUT2D eigenvalue weighted by Gasteiger charge is 2.20. The van der Waals surface area contributed by atoms with Gasteiger partial charge in [-0.3, -0.25) is 4.57 Å². The maximum atomic E-state index is 12.0. The highest BCUT2D eigenvalue weighted by Crippen LogP contribution is 2.16. The molecule has 0 radical (unpaired) electrons. The number of hydrogen-bond acceptors (Lipinski definition) is 5. The summed E-state index contributed by atoms with van der Waals surface area (Å²) in [6, 6.07) is 5.18. The summed E-state index contributed by atoms with van der Waals surface area (Å²) in [5.74, 6) is 0. The molecule has 0 spiro atoms. The van der Waals surface area contributed by atoms with Gasteiger partial charge in [-0.25, -0.2) is 9.59 Å². The average Bonchev–Trinajstić information content (AvgIpc) is 2.55. The smallest absolute Gasteiger partial charge is 0.404 e. The van der Waals surface area contributed by atoms with Crippen LogP contribution in [0.5, 0.6) is 0 Å². The molecule has 0 atom stereocenters. The van der Waals surface area contributed by atoms with Crippen LogP contribution < -0.4 is 11.0 Å². The molecule has 1 aliphatic rings. The van der Waals surface area contributed by atoms with E-state index in [4.69, 9.17) is 16.7 Å². The van der Waals surface area contributed by atoms with Crippen LogP contribution in [-0.2, 0) is 6.54 Å². The zero-order valence-electron chi connectivity index (χ0n) is 13.0.